The molecule has 204 valence electrons. The van der Waals surface area contributed by atoms with E-state index in [4.69, 9.17) is 19.3 Å². The first-order chi connectivity index (χ1) is 17.7. The van der Waals surface area contributed by atoms with Crippen LogP contribution >= 0.6 is 22.6 Å². The Morgan fingerprint density at radius 2 is 2.11 bits per heavy atom. The van der Waals surface area contributed by atoms with E-state index in [1.807, 2.05) is 22.6 Å². The largest absolute Gasteiger partial charge is 0.493 e. The third-order valence-corrected chi connectivity index (χ3v) is 7.26. The van der Waals surface area contributed by atoms with Crippen molar-refractivity contribution in [3.8, 4) is 11.5 Å². The molecule has 1 saturated heterocycles. The Morgan fingerprint density at radius 3 is 2.70 bits per heavy atom. The first kappa shape index (κ1) is 29.3. The average Bonchev–Trinajstić information content (AvgIpc) is 3.40. The van der Waals surface area contributed by atoms with Gasteiger partial charge in [0.2, 0.25) is 11.8 Å². The Morgan fingerprint density at radius 1 is 1.35 bits per heavy atom. The van der Waals surface area contributed by atoms with E-state index in [9.17, 15) is 19.5 Å². The van der Waals surface area contributed by atoms with Gasteiger partial charge in [-0.15, -0.1) is 0 Å². The number of amides is 2. The van der Waals surface area contributed by atoms with Gasteiger partial charge in [0, 0.05) is 43.2 Å². The number of aliphatic hydroxyl groups excluding tert-OH is 2. The number of ether oxygens (including phenoxy) is 3. The fourth-order valence-electron chi connectivity index (χ4n) is 4.57. The van der Waals surface area contributed by atoms with Crippen molar-refractivity contribution in [3.05, 3.63) is 32.9 Å². The Kier molecular flexibility index (Phi) is 10.7. The summed E-state index contributed by atoms with van der Waals surface area (Å²) in [4.78, 5) is 39.2. The Labute approximate surface area is 230 Å². The van der Waals surface area contributed by atoms with Crippen LogP contribution in [0.15, 0.2) is 23.8 Å². The molecule has 1 aliphatic carbocycles. The number of nitrogens with zero attached hydrogens (tertiary/aromatic N) is 1. The number of benzene rings is 1. The van der Waals surface area contributed by atoms with Gasteiger partial charge in [0.15, 0.2) is 11.5 Å². The van der Waals surface area contributed by atoms with Crippen LogP contribution in [0.5, 0.6) is 11.5 Å². The summed E-state index contributed by atoms with van der Waals surface area (Å²) >= 11 is 2.01. The van der Waals surface area contributed by atoms with Crippen molar-refractivity contribution < 1.29 is 38.8 Å². The number of halogens is 1. The van der Waals surface area contributed by atoms with Crippen molar-refractivity contribution in [1.82, 2.24) is 10.2 Å². The summed E-state index contributed by atoms with van der Waals surface area (Å²) in [6.07, 6.45) is 1.76. The van der Waals surface area contributed by atoms with Crippen molar-refractivity contribution in [1.29, 1.82) is 0 Å². The molecule has 1 aromatic carbocycles. The lowest BCUT2D eigenvalue weighted by atomic mass is 9.87. The number of hydrogen-bond donors (Lipinski definition) is 3. The minimum Gasteiger partial charge on any atom is -0.493 e. The maximum absolute atomic E-state index is 13.3. The standard InChI is InChI=1S/C26H35IN2O8/c1-15(2)26(34)29(13-18-5-4-8-36-18)20-11-17(25(33)28-6-7-30)12-21(23(20)32)37-24-19(27)9-16(14-31)10-22(24)35-3/h9-10,12,14-15,18,20-21,23,30,32H,4-8,11,13H2,1-3H3,(H,28,33). The van der Waals surface area contributed by atoms with Gasteiger partial charge in [0.05, 0.1) is 29.4 Å². The molecule has 11 heteroatoms. The third-order valence-electron chi connectivity index (χ3n) is 6.46. The number of carbonyl (C=O) groups is 3. The zero-order valence-electron chi connectivity index (χ0n) is 21.3. The van der Waals surface area contributed by atoms with Crippen LogP contribution in [-0.2, 0) is 14.3 Å². The van der Waals surface area contributed by atoms with Gasteiger partial charge in [0.1, 0.15) is 18.5 Å². The summed E-state index contributed by atoms with van der Waals surface area (Å²) in [7, 11) is 1.45. The minimum absolute atomic E-state index is 0.0678. The molecule has 1 aromatic rings. The quantitative estimate of drug-likeness (QED) is 0.249. The molecular weight excluding hydrogens is 595 g/mol. The fraction of sp³-hybridized carbons (Fsp3) is 0.577. The van der Waals surface area contributed by atoms with E-state index >= 15 is 0 Å². The fourth-order valence-corrected chi connectivity index (χ4v) is 5.32. The van der Waals surface area contributed by atoms with Crippen molar-refractivity contribution in [2.24, 2.45) is 5.92 Å². The van der Waals surface area contributed by atoms with E-state index in [2.05, 4.69) is 5.32 Å². The highest BCUT2D eigenvalue weighted by Gasteiger charge is 2.42. The molecule has 4 unspecified atom stereocenters. The van der Waals surface area contributed by atoms with Crippen LogP contribution in [0.4, 0.5) is 0 Å². The summed E-state index contributed by atoms with van der Waals surface area (Å²) in [6.45, 7) is 4.35. The second-order valence-corrected chi connectivity index (χ2v) is 10.6. The zero-order valence-corrected chi connectivity index (χ0v) is 23.5. The topological polar surface area (TPSA) is 135 Å². The highest BCUT2D eigenvalue weighted by molar-refractivity contribution is 14.1. The molecule has 2 amide bonds. The number of methoxy groups -OCH3 is 1. The first-order valence-electron chi connectivity index (χ1n) is 12.4. The van der Waals surface area contributed by atoms with Gasteiger partial charge >= 0.3 is 0 Å². The van der Waals surface area contributed by atoms with Crippen molar-refractivity contribution >= 4 is 40.7 Å². The number of aliphatic hydroxyl groups is 2. The van der Waals surface area contributed by atoms with Crippen molar-refractivity contribution in [2.75, 3.05) is 33.4 Å². The number of carbonyl (C=O) groups excluding carboxylic acids is 3. The van der Waals surface area contributed by atoms with Crippen LogP contribution in [0.25, 0.3) is 0 Å². The van der Waals surface area contributed by atoms with Gasteiger partial charge < -0.3 is 34.6 Å². The van der Waals surface area contributed by atoms with Crippen LogP contribution in [0.2, 0.25) is 0 Å². The van der Waals surface area contributed by atoms with E-state index < -0.39 is 24.2 Å². The average molecular weight is 630 g/mol. The van der Waals surface area contributed by atoms with E-state index in [0.29, 0.717) is 45.6 Å². The van der Waals surface area contributed by atoms with Crippen LogP contribution in [0.1, 0.15) is 43.5 Å². The SMILES string of the molecule is COc1cc(C=O)cc(I)c1OC1C=C(C(=O)NCCO)CC(N(CC2CCCO2)C(=O)C(C)C)C1O. The molecule has 4 atom stereocenters. The molecule has 37 heavy (non-hydrogen) atoms. The number of rotatable bonds is 11. The van der Waals surface area contributed by atoms with Crippen LogP contribution < -0.4 is 14.8 Å². The van der Waals surface area contributed by atoms with Gasteiger partial charge in [-0.2, -0.15) is 0 Å². The maximum atomic E-state index is 13.3. The predicted molar refractivity (Wildman–Crippen MR) is 144 cm³/mol. The van der Waals surface area contributed by atoms with Gasteiger partial charge in [-0.25, -0.2) is 0 Å². The molecule has 0 saturated carbocycles. The molecule has 2 aliphatic rings. The summed E-state index contributed by atoms with van der Waals surface area (Å²) in [6, 6.07) is 2.41. The highest BCUT2D eigenvalue weighted by atomic mass is 127. The number of hydrogen-bond acceptors (Lipinski definition) is 8. The smallest absolute Gasteiger partial charge is 0.247 e. The van der Waals surface area contributed by atoms with Crippen molar-refractivity contribution in [2.45, 2.75) is 57.5 Å². The minimum atomic E-state index is -1.16. The van der Waals surface area contributed by atoms with E-state index in [0.717, 1.165) is 12.8 Å². The molecule has 3 N–H and O–H groups in total. The number of aldehydes is 1. The van der Waals surface area contributed by atoms with Gasteiger partial charge in [-0.3, -0.25) is 14.4 Å². The van der Waals surface area contributed by atoms with E-state index in [1.54, 1.807) is 30.9 Å². The molecular formula is C26H35IN2O8. The molecule has 0 aromatic heterocycles. The second-order valence-electron chi connectivity index (χ2n) is 9.45. The lowest BCUT2D eigenvalue weighted by Gasteiger charge is -2.42. The van der Waals surface area contributed by atoms with Gasteiger partial charge in [-0.1, -0.05) is 13.8 Å². The Balaban J connectivity index is 2.00. The maximum Gasteiger partial charge on any atom is 0.247 e. The molecule has 1 fully saturated rings. The number of nitrogens with one attached hydrogen (secondary N) is 1. The Bertz CT molecular complexity index is 1010. The predicted octanol–water partition coefficient (Wildman–Crippen LogP) is 1.69. The molecule has 0 bridgehead atoms. The summed E-state index contributed by atoms with van der Waals surface area (Å²) in [5, 5.41) is 23.3. The summed E-state index contributed by atoms with van der Waals surface area (Å²) in [5.41, 5.74) is 0.738. The molecule has 1 heterocycles. The zero-order chi connectivity index (χ0) is 27.1. The van der Waals surface area contributed by atoms with Crippen molar-refractivity contribution in [3.63, 3.8) is 0 Å². The molecule has 0 spiro atoms. The highest BCUT2D eigenvalue weighted by Crippen LogP contribution is 2.37. The Hall–Kier alpha value is -2.22. The normalized spacial score (nSPS) is 23.4. The molecule has 1 aliphatic heterocycles. The lowest BCUT2D eigenvalue weighted by molar-refractivity contribution is -0.144. The monoisotopic (exact) mass is 630 g/mol. The van der Waals surface area contributed by atoms with Gasteiger partial charge in [-0.05, 0) is 53.6 Å². The van der Waals surface area contributed by atoms with Crippen LogP contribution in [-0.4, -0.2) is 91.0 Å². The molecule has 0 radical (unpaired) electrons. The third kappa shape index (κ3) is 7.21. The summed E-state index contributed by atoms with van der Waals surface area (Å²) in [5.74, 6) is -0.282. The van der Waals surface area contributed by atoms with Gasteiger partial charge in [0.25, 0.3) is 0 Å². The first-order valence-corrected chi connectivity index (χ1v) is 13.5. The lowest BCUT2D eigenvalue weighted by Crippen LogP contribution is -2.57. The van der Waals surface area contributed by atoms with E-state index in [1.165, 1.54) is 13.2 Å². The summed E-state index contributed by atoms with van der Waals surface area (Å²) < 4.78 is 18.0. The van der Waals surface area contributed by atoms with Crippen LogP contribution in [0, 0.1) is 9.49 Å². The molecule has 10 nitrogen and oxygen atoms in total. The van der Waals surface area contributed by atoms with Crippen LogP contribution in [0.3, 0.4) is 0 Å². The van der Waals surface area contributed by atoms with E-state index in [-0.39, 0.29) is 37.5 Å². The molecule has 3 rings (SSSR count). The second kappa shape index (κ2) is 13.5.